The Hall–Kier alpha value is -4.52. The van der Waals surface area contributed by atoms with E-state index in [0.717, 1.165) is 41.2 Å². The summed E-state index contributed by atoms with van der Waals surface area (Å²) in [4.78, 5) is 11.6. The second-order valence-corrected chi connectivity index (χ2v) is 9.25. The molecule has 0 aliphatic rings. The summed E-state index contributed by atoms with van der Waals surface area (Å²) < 4.78 is 32.1. The molecule has 4 rings (SSSR count). The summed E-state index contributed by atoms with van der Waals surface area (Å²) in [6.07, 6.45) is 2.78. The molecule has 7 heteroatoms. The van der Waals surface area contributed by atoms with Crippen molar-refractivity contribution in [2.45, 2.75) is 39.5 Å². The number of phenols is 1. The number of rotatable bonds is 13. The smallest absolute Gasteiger partial charge is 0.342 e. The summed E-state index contributed by atoms with van der Waals surface area (Å²) in [6, 6.07) is 22.6. The molecule has 0 aromatic heterocycles. The predicted octanol–water partition coefficient (Wildman–Crippen LogP) is 8.05. The second-order valence-electron chi connectivity index (χ2n) is 9.25. The van der Waals surface area contributed by atoms with Gasteiger partial charge < -0.3 is 24.4 Å². The van der Waals surface area contributed by atoms with Gasteiger partial charge in [-0.05, 0) is 54.3 Å². The number of ether oxygens (including phenoxy) is 3. The molecule has 0 aliphatic heterocycles. The van der Waals surface area contributed by atoms with Gasteiger partial charge >= 0.3 is 5.97 Å². The Morgan fingerprint density at radius 1 is 0.825 bits per heavy atom. The van der Waals surface area contributed by atoms with Crippen LogP contribution in [0.1, 0.15) is 48.2 Å². The van der Waals surface area contributed by atoms with Crippen LogP contribution in [0.2, 0.25) is 0 Å². The Balaban J connectivity index is 1.41. The Morgan fingerprint density at radius 3 is 2.20 bits per heavy atom. The summed E-state index contributed by atoms with van der Waals surface area (Å²) in [5.74, 6) is -0.470. The van der Waals surface area contributed by atoms with Crippen molar-refractivity contribution in [3.05, 3.63) is 101 Å². The number of hydrogen-bond acceptors (Lipinski definition) is 5. The molecule has 0 bridgehead atoms. The van der Waals surface area contributed by atoms with Crippen LogP contribution >= 0.6 is 0 Å². The molecule has 0 aliphatic carbocycles. The molecular formula is C33H33FO6. The summed E-state index contributed by atoms with van der Waals surface area (Å²) in [5, 5.41) is 20.1. The molecule has 6 nitrogen and oxygen atoms in total. The van der Waals surface area contributed by atoms with Crippen LogP contribution in [0.5, 0.6) is 28.7 Å². The molecule has 0 atom stereocenters. The van der Waals surface area contributed by atoms with Crippen molar-refractivity contribution in [3.8, 4) is 39.9 Å². The number of aromatic carboxylic acids is 1. The Labute approximate surface area is 233 Å². The fourth-order valence-corrected chi connectivity index (χ4v) is 4.48. The molecule has 0 spiro atoms. The highest BCUT2D eigenvalue weighted by Crippen LogP contribution is 2.37. The average Bonchev–Trinajstić information content (AvgIpc) is 2.95. The topological polar surface area (TPSA) is 85.2 Å². The molecule has 40 heavy (non-hydrogen) atoms. The Morgan fingerprint density at radius 2 is 1.50 bits per heavy atom. The highest BCUT2D eigenvalue weighted by Gasteiger charge is 2.19. The number of aromatic hydroxyl groups is 1. The highest BCUT2D eigenvalue weighted by atomic mass is 19.1. The minimum absolute atomic E-state index is 0.0660. The molecular weight excluding hydrogens is 511 g/mol. The SMILES string of the molecule is CCCc1c(OCCCOc2cc(O)c(-c3ccccc3)cc2CC)cccc1Oc1cccc(F)c1C(=O)O. The van der Waals surface area contributed by atoms with Gasteiger partial charge in [-0.2, -0.15) is 0 Å². The molecule has 0 unspecified atom stereocenters. The monoisotopic (exact) mass is 544 g/mol. The molecule has 208 valence electrons. The van der Waals surface area contributed by atoms with Crippen LogP contribution in [-0.4, -0.2) is 29.4 Å². The first-order valence-electron chi connectivity index (χ1n) is 13.4. The first kappa shape index (κ1) is 28.5. The number of carbonyl (C=O) groups is 1. The first-order valence-corrected chi connectivity index (χ1v) is 13.4. The molecule has 0 saturated carbocycles. The van der Waals surface area contributed by atoms with Crippen molar-refractivity contribution in [2.24, 2.45) is 0 Å². The van der Waals surface area contributed by atoms with E-state index < -0.39 is 17.3 Å². The second kappa shape index (κ2) is 13.5. The summed E-state index contributed by atoms with van der Waals surface area (Å²) in [6.45, 7) is 4.82. The minimum atomic E-state index is -1.40. The molecule has 0 radical (unpaired) electrons. The van der Waals surface area contributed by atoms with Gasteiger partial charge in [-0.15, -0.1) is 0 Å². The lowest BCUT2D eigenvalue weighted by Gasteiger charge is -2.17. The summed E-state index contributed by atoms with van der Waals surface area (Å²) in [5.41, 5.74) is 2.99. The lowest BCUT2D eigenvalue weighted by molar-refractivity contribution is 0.0689. The third-order valence-electron chi connectivity index (χ3n) is 6.45. The molecule has 0 amide bonds. The number of hydrogen-bond donors (Lipinski definition) is 2. The van der Waals surface area contributed by atoms with Crippen LogP contribution in [0.25, 0.3) is 11.1 Å². The first-order chi connectivity index (χ1) is 19.4. The maximum Gasteiger partial charge on any atom is 0.342 e. The van der Waals surface area contributed by atoms with Crippen LogP contribution < -0.4 is 14.2 Å². The zero-order chi connectivity index (χ0) is 28.5. The molecule has 4 aromatic rings. The van der Waals surface area contributed by atoms with E-state index >= 15 is 0 Å². The van der Waals surface area contributed by atoms with Gasteiger partial charge in [-0.3, -0.25) is 0 Å². The Kier molecular flexibility index (Phi) is 9.62. The fraction of sp³-hybridized carbons (Fsp3) is 0.242. The third kappa shape index (κ3) is 6.72. The van der Waals surface area contributed by atoms with E-state index in [4.69, 9.17) is 14.2 Å². The van der Waals surface area contributed by atoms with E-state index in [1.165, 1.54) is 12.1 Å². The highest BCUT2D eigenvalue weighted by molar-refractivity contribution is 5.91. The van der Waals surface area contributed by atoms with Crippen LogP contribution in [0, 0.1) is 5.82 Å². The number of phenolic OH excluding ortho intramolecular Hbond substituents is 1. The van der Waals surface area contributed by atoms with E-state index in [9.17, 15) is 19.4 Å². The van der Waals surface area contributed by atoms with Gasteiger partial charge in [0.15, 0.2) is 0 Å². The maximum atomic E-state index is 14.1. The van der Waals surface area contributed by atoms with E-state index in [1.807, 2.05) is 56.3 Å². The van der Waals surface area contributed by atoms with Gasteiger partial charge in [-0.25, -0.2) is 9.18 Å². The molecule has 0 saturated heterocycles. The van der Waals surface area contributed by atoms with Crippen LogP contribution in [0.4, 0.5) is 4.39 Å². The lowest BCUT2D eigenvalue weighted by Crippen LogP contribution is -2.08. The van der Waals surface area contributed by atoms with Gasteiger partial charge in [0.2, 0.25) is 0 Å². The number of halogens is 1. The average molecular weight is 545 g/mol. The lowest BCUT2D eigenvalue weighted by atomic mass is 10.00. The third-order valence-corrected chi connectivity index (χ3v) is 6.45. The van der Waals surface area contributed by atoms with Crippen LogP contribution in [0.3, 0.4) is 0 Å². The quantitative estimate of drug-likeness (QED) is 0.166. The van der Waals surface area contributed by atoms with Gasteiger partial charge in [0, 0.05) is 23.6 Å². The van der Waals surface area contributed by atoms with Gasteiger partial charge in [0.05, 0.1) is 13.2 Å². The number of aryl methyl sites for hydroxylation is 1. The molecule has 0 fully saturated rings. The molecule has 4 aromatic carbocycles. The number of benzene rings is 4. The zero-order valence-electron chi connectivity index (χ0n) is 22.7. The van der Waals surface area contributed by atoms with Gasteiger partial charge in [0.1, 0.15) is 40.1 Å². The molecule has 0 heterocycles. The minimum Gasteiger partial charge on any atom is -0.507 e. The van der Waals surface area contributed by atoms with Gasteiger partial charge in [-0.1, -0.05) is 62.7 Å². The van der Waals surface area contributed by atoms with Crippen LogP contribution in [0.15, 0.2) is 78.9 Å². The fourth-order valence-electron chi connectivity index (χ4n) is 4.48. The standard InChI is InChI=1S/C33H33FO6/c1-3-11-24-28(15-9-16-29(24)40-30-17-8-14-26(34)32(30)33(36)37)38-18-10-19-39-31-21-27(35)25(20-22(31)4-2)23-12-6-5-7-13-23/h5-9,12-17,20-21,35H,3-4,10-11,18-19H2,1-2H3,(H,36,37). The van der Waals surface area contributed by atoms with E-state index in [-0.39, 0.29) is 11.5 Å². The van der Waals surface area contributed by atoms with Gasteiger partial charge in [0.25, 0.3) is 0 Å². The number of carboxylic acids is 1. The normalized spacial score (nSPS) is 10.8. The van der Waals surface area contributed by atoms with Crippen LogP contribution in [-0.2, 0) is 12.8 Å². The summed E-state index contributed by atoms with van der Waals surface area (Å²) in [7, 11) is 0. The van der Waals surface area contributed by atoms with Crippen molar-refractivity contribution in [2.75, 3.05) is 13.2 Å². The zero-order valence-corrected chi connectivity index (χ0v) is 22.7. The largest absolute Gasteiger partial charge is 0.507 e. The van der Waals surface area contributed by atoms with Crippen molar-refractivity contribution < 1.29 is 33.6 Å². The number of carboxylic acid groups (broad SMARTS) is 1. The summed E-state index contributed by atoms with van der Waals surface area (Å²) >= 11 is 0. The van der Waals surface area contributed by atoms with E-state index in [2.05, 4.69) is 0 Å². The van der Waals surface area contributed by atoms with Crippen molar-refractivity contribution in [1.29, 1.82) is 0 Å². The van der Waals surface area contributed by atoms with Crippen molar-refractivity contribution >= 4 is 5.97 Å². The van der Waals surface area contributed by atoms with E-state index in [0.29, 0.717) is 43.3 Å². The van der Waals surface area contributed by atoms with E-state index in [1.54, 1.807) is 18.2 Å². The Bertz CT molecular complexity index is 1450. The predicted molar refractivity (Wildman–Crippen MR) is 152 cm³/mol. The van der Waals surface area contributed by atoms with Crippen molar-refractivity contribution in [3.63, 3.8) is 0 Å². The molecule has 2 N–H and O–H groups in total. The van der Waals surface area contributed by atoms with Crippen molar-refractivity contribution in [1.82, 2.24) is 0 Å². The maximum absolute atomic E-state index is 14.1.